The summed E-state index contributed by atoms with van der Waals surface area (Å²) >= 11 is 6.12. The summed E-state index contributed by atoms with van der Waals surface area (Å²) in [6.45, 7) is 0.502. The number of hydrogen-bond donors (Lipinski definition) is 3. The summed E-state index contributed by atoms with van der Waals surface area (Å²) in [5, 5.41) is 21.7. The zero-order chi connectivity index (χ0) is 13.1. The molecule has 1 aliphatic carbocycles. The molecule has 1 aliphatic rings. The number of benzene rings is 1. The molecule has 0 spiro atoms. The Hall–Kier alpha value is -1.42. The highest BCUT2D eigenvalue weighted by atomic mass is 35.5. The Labute approximate surface area is 111 Å². The van der Waals surface area contributed by atoms with E-state index >= 15 is 0 Å². The first-order chi connectivity index (χ1) is 8.58. The third kappa shape index (κ3) is 2.88. The van der Waals surface area contributed by atoms with Crippen molar-refractivity contribution in [2.45, 2.75) is 24.6 Å². The van der Waals surface area contributed by atoms with Gasteiger partial charge in [-0.1, -0.05) is 6.42 Å². The first kappa shape index (κ1) is 13.0. The molecule has 0 aliphatic heterocycles. The van der Waals surface area contributed by atoms with E-state index in [9.17, 15) is 15.0 Å². The molecule has 0 saturated heterocycles. The van der Waals surface area contributed by atoms with Crippen molar-refractivity contribution in [1.82, 2.24) is 5.32 Å². The average molecular weight is 270 g/mol. The molecule has 0 heterocycles. The fourth-order valence-electron chi connectivity index (χ4n) is 2.25. The van der Waals surface area contributed by atoms with Crippen LogP contribution in [0.3, 0.4) is 0 Å². The number of carbonyl (C=O) groups is 1. The maximum Gasteiger partial charge on any atom is 0.255 e. The van der Waals surface area contributed by atoms with Gasteiger partial charge in [0.1, 0.15) is 11.5 Å². The molecule has 3 N–H and O–H groups in total. The number of amides is 1. The molecule has 1 aromatic rings. The lowest BCUT2D eigenvalue weighted by atomic mass is 10.1. The zero-order valence-corrected chi connectivity index (χ0v) is 10.7. The van der Waals surface area contributed by atoms with Crippen molar-refractivity contribution < 1.29 is 15.0 Å². The number of hydrogen-bond acceptors (Lipinski definition) is 3. The highest BCUT2D eigenvalue weighted by Gasteiger charge is 2.25. The number of halogens is 1. The second-order valence-corrected chi connectivity index (χ2v) is 5.18. The lowest BCUT2D eigenvalue weighted by Crippen LogP contribution is -2.31. The van der Waals surface area contributed by atoms with Gasteiger partial charge in [0.15, 0.2) is 0 Å². The summed E-state index contributed by atoms with van der Waals surface area (Å²) in [4.78, 5) is 11.9. The molecular formula is C13H16ClNO3. The van der Waals surface area contributed by atoms with Crippen LogP contribution < -0.4 is 5.32 Å². The summed E-state index contributed by atoms with van der Waals surface area (Å²) in [7, 11) is 0. The van der Waals surface area contributed by atoms with Gasteiger partial charge in [0, 0.05) is 11.9 Å². The number of phenolic OH excluding ortho intramolecular Hbond substituents is 2. The molecule has 4 nitrogen and oxygen atoms in total. The number of rotatable bonds is 3. The van der Waals surface area contributed by atoms with E-state index in [2.05, 4.69) is 5.32 Å². The van der Waals surface area contributed by atoms with Crippen molar-refractivity contribution in [2.24, 2.45) is 5.92 Å². The van der Waals surface area contributed by atoms with Gasteiger partial charge in [-0.2, -0.15) is 0 Å². The Bertz CT molecular complexity index is 450. The molecule has 1 aromatic carbocycles. The normalized spacial score (nSPS) is 22.9. The van der Waals surface area contributed by atoms with Crippen LogP contribution >= 0.6 is 11.6 Å². The molecule has 1 saturated carbocycles. The molecule has 0 aromatic heterocycles. The Morgan fingerprint density at radius 1 is 1.39 bits per heavy atom. The third-order valence-corrected chi connectivity index (χ3v) is 3.89. The molecule has 0 radical (unpaired) electrons. The molecule has 5 heteroatoms. The van der Waals surface area contributed by atoms with Gasteiger partial charge in [-0.15, -0.1) is 11.6 Å². The summed E-state index contributed by atoms with van der Waals surface area (Å²) in [5.74, 6) is -0.289. The summed E-state index contributed by atoms with van der Waals surface area (Å²) in [5.41, 5.74) is 0.0825. The van der Waals surface area contributed by atoms with Gasteiger partial charge in [-0.05, 0) is 37.0 Å². The summed E-state index contributed by atoms with van der Waals surface area (Å²) < 4.78 is 0. The van der Waals surface area contributed by atoms with Gasteiger partial charge in [-0.25, -0.2) is 0 Å². The van der Waals surface area contributed by atoms with Crippen LogP contribution in [-0.2, 0) is 0 Å². The van der Waals surface area contributed by atoms with Gasteiger partial charge >= 0.3 is 0 Å². The predicted octanol–water partition coefficient (Wildman–Crippen LogP) is 2.24. The molecule has 2 atom stereocenters. The van der Waals surface area contributed by atoms with E-state index in [1.807, 2.05) is 0 Å². The van der Waals surface area contributed by atoms with Gasteiger partial charge < -0.3 is 15.5 Å². The smallest absolute Gasteiger partial charge is 0.255 e. The number of nitrogens with one attached hydrogen (secondary N) is 1. The van der Waals surface area contributed by atoms with E-state index in [0.717, 1.165) is 19.3 Å². The number of aromatic hydroxyl groups is 2. The quantitative estimate of drug-likeness (QED) is 0.582. The molecule has 2 rings (SSSR count). The first-order valence-electron chi connectivity index (χ1n) is 6.02. The van der Waals surface area contributed by atoms with E-state index in [0.29, 0.717) is 6.54 Å². The van der Waals surface area contributed by atoms with Crippen LogP contribution in [0, 0.1) is 5.92 Å². The topological polar surface area (TPSA) is 69.6 Å². The fraction of sp³-hybridized carbons (Fsp3) is 0.462. The van der Waals surface area contributed by atoms with Crippen LogP contribution in [0.2, 0.25) is 0 Å². The van der Waals surface area contributed by atoms with Crippen LogP contribution in [0.15, 0.2) is 18.2 Å². The van der Waals surface area contributed by atoms with Crippen molar-refractivity contribution in [2.75, 3.05) is 6.54 Å². The first-order valence-corrected chi connectivity index (χ1v) is 6.46. The molecule has 1 fully saturated rings. The van der Waals surface area contributed by atoms with Gasteiger partial charge in [0.05, 0.1) is 5.56 Å². The second-order valence-electron chi connectivity index (χ2n) is 4.62. The predicted molar refractivity (Wildman–Crippen MR) is 69.1 cm³/mol. The molecular weight excluding hydrogens is 254 g/mol. The molecule has 98 valence electrons. The number of alkyl halides is 1. The Morgan fingerprint density at radius 2 is 2.17 bits per heavy atom. The Kier molecular flexibility index (Phi) is 3.97. The van der Waals surface area contributed by atoms with Crippen LogP contribution in [0.5, 0.6) is 11.5 Å². The third-order valence-electron chi connectivity index (χ3n) is 3.32. The maximum atomic E-state index is 11.9. The molecule has 1 amide bonds. The molecule has 2 unspecified atom stereocenters. The van der Waals surface area contributed by atoms with Crippen molar-refractivity contribution in [3.05, 3.63) is 23.8 Å². The monoisotopic (exact) mass is 269 g/mol. The standard InChI is InChI=1S/C13H16ClNO3/c14-11-3-1-2-8(11)7-15-13(18)10-6-9(16)4-5-12(10)17/h4-6,8,11,16-17H,1-3,7H2,(H,15,18). The molecule has 18 heavy (non-hydrogen) atoms. The van der Waals surface area contributed by atoms with Crippen molar-refractivity contribution in [3.8, 4) is 11.5 Å². The molecule has 0 bridgehead atoms. The van der Waals surface area contributed by atoms with Gasteiger partial charge in [0.25, 0.3) is 5.91 Å². The average Bonchev–Trinajstić information content (AvgIpc) is 2.75. The number of carbonyl (C=O) groups excluding carboxylic acids is 1. The van der Waals surface area contributed by atoms with Crippen LogP contribution in [0.1, 0.15) is 29.6 Å². The second kappa shape index (κ2) is 5.48. The van der Waals surface area contributed by atoms with E-state index in [1.54, 1.807) is 0 Å². The van der Waals surface area contributed by atoms with E-state index < -0.39 is 0 Å². The van der Waals surface area contributed by atoms with Crippen LogP contribution in [0.4, 0.5) is 0 Å². The maximum absolute atomic E-state index is 11.9. The van der Waals surface area contributed by atoms with E-state index in [1.165, 1.54) is 18.2 Å². The summed E-state index contributed by atoms with van der Waals surface area (Å²) in [6, 6.07) is 3.87. The Balaban J connectivity index is 1.97. The lowest BCUT2D eigenvalue weighted by Gasteiger charge is -2.14. The minimum Gasteiger partial charge on any atom is -0.508 e. The lowest BCUT2D eigenvalue weighted by molar-refractivity contribution is 0.0944. The number of phenols is 2. The summed E-state index contributed by atoms with van der Waals surface area (Å²) in [6.07, 6.45) is 3.09. The SMILES string of the molecule is O=C(NCC1CCCC1Cl)c1cc(O)ccc1O. The fourth-order valence-corrected chi connectivity index (χ4v) is 2.62. The van der Waals surface area contributed by atoms with Gasteiger partial charge in [-0.3, -0.25) is 4.79 Å². The van der Waals surface area contributed by atoms with Crippen LogP contribution in [-0.4, -0.2) is 28.0 Å². The van der Waals surface area contributed by atoms with Crippen molar-refractivity contribution in [1.29, 1.82) is 0 Å². The van der Waals surface area contributed by atoms with Crippen LogP contribution in [0.25, 0.3) is 0 Å². The Morgan fingerprint density at radius 3 is 2.83 bits per heavy atom. The van der Waals surface area contributed by atoms with E-state index in [4.69, 9.17) is 11.6 Å². The van der Waals surface area contributed by atoms with E-state index in [-0.39, 0.29) is 34.3 Å². The van der Waals surface area contributed by atoms with Gasteiger partial charge in [0.2, 0.25) is 0 Å². The largest absolute Gasteiger partial charge is 0.508 e. The van der Waals surface area contributed by atoms with Crippen molar-refractivity contribution >= 4 is 17.5 Å². The zero-order valence-electron chi connectivity index (χ0n) is 9.90. The minimum atomic E-state index is -0.390. The van der Waals surface area contributed by atoms with Crippen molar-refractivity contribution in [3.63, 3.8) is 0 Å². The highest BCUT2D eigenvalue weighted by Crippen LogP contribution is 2.29. The minimum absolute atomic E-state index is 0.0472. The highest BCUT2D eigenvalue weighted by molar-refractivity contribution is 6.21.